The van der Waals surface area contributed by atoms with Crippen molar-refractivity contribution in [1.82, 2.24) is 10.2 Å². The van der Waals surface area contributed by atoms with Crippen LogP contribution in [0.1, 0.15) is 51.9 Å². The Morgan fingerprint density at radius 1 is 0.750 bits per heavy atom. The van der Waals surface area contributed by atoms with Crippen LogP contribution < -0.4 is 5.32 Å². The van der Waals surface area contributed by atoms with Gasteiger partial charge in [-0.3, -0.25) is 4.90 Å². The third-order valence-corrected chi connectivity index (χ3v) is 8.76. The van der Waals surface area contributed by atoms with E-state index in [1.165, 1.54) is 32.0 Å². The maximum Gasteiger partial charge on any atom is 0.0834 e. The Balaban J connectivity index is 0.000000248. The number of hydrogen-bond donors (Lipinski definition) is 1. The molecule has 7 heteroatoms. The first-order chi connectivity index (χ1) is 19.1. The monoisotopic (exact) mass is 598 g/mol. The van der Waals surface area contributed by atoms with Gasteiger partial charge in [-0.2, -0.15) is 0 Å². The first-order valence-corrected chi connectivity index (χ1v) is 15.8. The zero-order valence-electron chi connectivity index (χ0n) is 24.0. The van der Waals surface area contributed by atoms with Crippen LogP contribution in [0, 0.1) is 13.8 Å². The lowest BCUT2D eigenvalue weighted by Gasteiger charge is -2.44. The number of halogens is 1. The summed E-state index contributed by atoms with van der Waals surface area (Å²) >= 11 is 3.57. The minimum absolute atomic E-state index is 0. The fourth-order valence-corrected chi connectivity index (χ4v) is 6.17. The number of nitrogens with zero attached hydrogens (tertiary/aromatic N) is 1. The number of ether oxygens (including phenoxy) is 2. The third kappa shape index (κ3) is 9.52. The Hall–Kier alpha value is -2.03. The Morgan fingerprint density at radius 3 is 1.57 bits per heavy atom. The molecule has 40 heavy (non-hydrogen) atoms. The highest BCUT2D eigenvalue weighted by Crippen LogP contribution is 2.33. The van der Waals surface area contributed by atoms with Crippen LogP contribution in [0.25, 0.3) is 0 Å². The van der Waals surface area contributed by atoms with E-state index in [-0.39, 0.29) is 12.4 Å². The number of hydrogen-bond acceptors (Lipinski definition) is 6. The van der Waals surface area contributed by atoms with Crippen molar-refractivity contribution in [1.29, 1.82) is 0 Å². The fourth-order valence-electron chi connectivity index (χ4n) is 4.58. The van der Waals surface area contributed by atoms with E-state index in [1.54, 1.807) is 22.7 Å². The Morgan fingerprint density at radius 2 is 1.20 bits per heavy atom. The predicted octanol–water partition coefficient (Wildman–Crippen LogP) is 8.04. The molecular formula is C33H43ClN2O2S2. The molecular weight excluding hydrogens is 556 g/mol. The van der Waals surface area contributed by atoms with Gasteiger partial charge in [-0.05, 0) is 59.0 Å². The van der Waals surface area contributed by atoms with E-state index in [4.69, 9.17) is 9.47 Å². The second kappa shape index (κ2) is 17.0. The van der Waals surface area contributed by atoms with Crippen LogP contribution in [0.3, 0.4) is 0 Å². The average molecular weight is 599 g/mol. The van der Waals surface area contributed by atoms with E-state index >= 15 is 0 Å². The highest BCUT2D eigenvalue weighted by Gasteiger charge is 2.34. The van der Waals surface area contributed by atoms with Crippen LogP contribution >= 0.6 is 35.1 Å². The molecule has 0 amide bonds. The van der Waals surface area contributed by atoms with Gasteiger partial charge in [0, 0.05) is 35.9 Å². The van der Waals surface area contributed by atoms with Crippen molar-refractivity contribution in [3.8, 4) is 0 Å². The summed E-state index contributed by atoms with van der Waals surface area (Å²) in [5.41, 5.74) is 5.36. The number of likely N-dealkylation sites (tertiary alicyclic amines) is 1. The van der Waals surface area contributed by atoms with Gasteiger partial charge in [0.15, 0.2) is 0 Å². The van der Waals surface area contributed by atoms with Crippen LogP contribution in [0.2, 0.25) is 0 Å². The van der Waals surface area contributed by atoms with E-state index in [0.29, 0.717) is 18.2 Å². The van der Waals surface area contributed by atoms with Gasteiger partial charge < -0.3 is 14.8 Å². The standard InChI is InChI=1S/C22H23NOS.C9H13NOS.C2H6.ClH/c1-17-12-21(25-16-17)15-24-20-13-23(14-20)22(18-8-4-2-5-9-18)19-10-6-3-7-11-19;1-7-2-9(12-6-7)5-11-8-3-10-4-8;1-2;/h2-12,16,20,22H,13-15H2,1H3;2,6,8,10H,3-5H2,1H3;1-2H3;1H. The van der Waals surface area contributed by atoms with Crippen LogP contribution in [0.4, 0.5) is 0 Å². The molecule has 0 radical (unpaired) electrons. The van der Waals surface area contributed by atoms with Gasteiger partial charge in [0.05, 0.1) is 31.5 Å². The van der Waals surface area contributed by atoms with Crippen molar-refractivity contribution in [2.45, 2.75) is 59.2 Å². The average Bonchev–Trinajstić information content (AvgIpc) is 3.54. The molecule has 0 saturated carbocycles. The highest BCUT2D eigenvalue weighted by atomic mass is 35.5. The number of thiophene rings is 2. The second-order valence-electron chi connectivity index (χ2n) is 9.88. The molecule has 0 spiro atoms. The number of benzene rings is 2. The third-order valence-electron chi connectivity index (χ3n) is 6.71. The Bertz CT molecular complexity index is 1180. The van der Waals surface area contributed by atoms with Crippen molar-refractivity contribution in [3.63, 3.8) is 0 Å². The van der Waals surface area contributed by atoms with Gasteiger partial charge in [0.25, 0.3) is 0 Å². The zero-order valence-corrected chi connectivity index (χ0v) is 26.5. The summed E-state index contributed by atoms with van der Waals surface area (Å²) in [7, 11) is 0. The lowest BCUT2D eigenvalue weighted by molar-refractivity contribution is -0.0733. The highest BCUT2D eigenvalue weighted by molar-refractivity contribution is 7.10. The SMILES string of the molecule is CC.Cc1csc(COC2CN(C(c3ccccc3)c3ccccc3)C2)c1.Cc1csc(COC2CNC2)c1.Cl. The van der Waals surface area contributed by atoms with Crippen LogP contribution in [-0.2, 0) is 22.7 Å². The largest absolute Gasteiger partial charge is 0.370 e. The van der Waals surface area contributed by atoms with Crippen LogP contribution in [0.5, 0.6) is 0 Å². The van der Waals surface area contributed by atoms with Gasteiger partial charge in [-0.1, -0.05) is 74.5 Å². The minimum Gasteiger partial charge on any atom is -0.370 e. The first kappa shape index (κ1) is 32.5. The van der Waals surface area contributed by atoms with Gasteiger partial charge >= 0.3 is 0 Å². The number of aryl methyl sites for hydroxylation is 2. The molecule has 2 aromatic heterocycles. The van der Waals surface area contributed by atoms with Crippen LogP contribution in [0.15, 0.2) is 83.6 Å². The summed E-state index contributed by atoms with van der Waals surface area (Å²) in [5, 5.41) is 7.53. The van der Waals surface area contributed by atoms with E-state index in [0.717, 1.165) is 39.4 Å². The molecule has 4 nitrogen and oxygen atoms in total. The predicted molar refractivity (Wildman–Crippen MR) is 173 cm³/mol. The molecule has 2 saturated heterocycles. The Labute approximate surface area is 254 Å². The van der Waals surface area contributed by atoms with Gasteiger partial charge in [-0.25, -0.2) is 0 Å². The summed E-state index contributed by atoms with van der Waals surface area (Å²) < 4.78 is 11.7. The maximum absolute atomic E-state index is 6.10. The van der Waals surface area contributed by atoms with Crippen molar-refractivity contribution in [2.75, 3.05) is 26.2 Å². The molecule has 2 fully saturated rings. The van der Waals surface area contributed by atoms with E-state index in [9.17, 15) is 0 Å². The van der Waals surface area contributed by atoms with Gasteiger partial charge in [0.2, 0.25) is 0 Å². The fraction of sp³-hybridized carbons (Fsp3) is 0.394. The summed E-state index contributed by atoms with van der Waals surface area (Å²) in [5.74, 6) is 0. The smallest absolute Gasteiger partial charge is 0.0834 e. The van der Waals surface area contributed by atoms with Gasteiger partial charge in [0.1, 0.15) is 0 Å². The molecule has 4 aromatic rings. The molecule has 1 N–H and O–H groups in total. The Kier molecular flexibility index (Phi) is 13.8. The molecule has 0 unspecified atom stereocenters. The molecule has 0 bridgehead atoms. The topological polar surface area (TPSA) is 33.7 Å². The number of rotatable bonds is 9. The number of nitrogens with one attached hydrogen (secondary N) is 1. The minimum atomic E-state index is 0. The van der Waals surface area contributed by atoms with E-state index in [1.807, 2.05) is 13.8 Å². The summed E-state index contributed by atoms with van der Waals surface area (Å²) in [6.45, 7) is 13.8. The molecule has 6 rings (SSSR count). The lowest BCUT2D eigenvalue weighted by atomic mass is 9.94. The maximum atomic E-state index is 6.10. The molecule has 216 valence electrons. The van der Waals surface area contributed by atoms with Crippen molar-refractivity contribution >= 4 is 35.1 Å². The first-order valence-electron chi connectivity index (χ1n) is 14.0. The molecule has 2 aliphatic rings. The molecule has 2 aromatic carbocycles. The quantitative estimate of drug-likeness (QED) is 0.211. The summed E-state index contributed by atoms with van der Waals surface area (Å²) in [6.07, 6.45) is 0.782. The van der Waals surface area contributed by atoms with Gasteiger partial charge in [-0.15, -0.1) is 35.1 Å². The zero-order chi connectivity index (χ0) is 27.5. The molecule has 2 aliphatic heterocycles. The van der Waals surface area contributed by atoms with E-state index < -0.39 is 0 Å². The molecule has 0 aliphatic carbocycles. The van der Waals surface area contributed by atoms with Crippen molar-refractivity contribution in [2.24, 2.45) is 0 Å². The summed E-state index contributed by atoms with van der Waals surface area (Å²) in [4.78, 5) is 5.16. The van der Waals surface area contributed by atoms with Crippen molar-refractivity contribution < 1.29 is 9.47 Å². The lowest BCUT2D eigenvalue weighted by Crippen LogP contribution is -2.53. The van der Waals surface area contributed by atoms with E-state index in [2.05, 4.69) is 108 Å². The normalized spacial score (nSPS) is 15.1. The van der Waals surface area contributed by atoms with Crippen molar-refractivity contribution in [3.05, 3.63) is 116 Å². The molecule has 0 atom stereocenters. The molecule has 4 heterocycles. The summed E-state index contributed by atoms with van der Waals surface area (Å²) in [6, 6.07) is 26.3. The van der Waals surface area contributed by atoms with Crippen LogP contribution in [-0.4, -0.2) is 43.3 Å². The second-order valence-corrected chi connectivity index (χ2v) is 11.9.